The maximum absolute atomic E-state index is 12.8. The van der Waals surface area contributed by atoms with Crippen molar-refractivity contribution in [3.05, 3.63) is 47.2 Å². The molecular formula is C20H26O4. The number of hydrogen-bond acceptors (Lipinski definition) is 4. The molecule has 0 saturated carbocycles. The molecule has 2 rings (SSSR count). The minimum atomic E-state index is -1.25. The van der Waals surface area contributed by atoms with Crippen LogP contribution in [0.3, 0.4) is 0 Å². The van der Waals surface area contributed by atoms with Gasteiger partial charge in [0.25, 0.3) is 5.79 Å². The minimum Gasteiger partial charge on any atom is -0.451 e. The molecule has 0 fully saturated rings. The van der Waals surface area contributed by atoms with Gasteiger partial charge in [-0.25, -0.2) is 4.79 Å². The van der Waals surface area contributed by atoms with E-state index in [1.165, 1.54) is 0 Å². The number of ether oxygens (including phenoxy) is 2. The fraction of sp³-hybridized carbons (Fsp3) is 0.500. The van der Waals surface area contributed by atoms with Crippen LogP contribution in [0.4, 0.5) is 0 Å². The Labute approximate surface area is 143 Å². The predicted octanol–water partition coefficient (Wildman–Crippen LogP) is 4.35. The summed E-state index contributed by atoms with van der Waals surface area (Å²) in [5.74, 6) is -1.77. The van der Waals surface area contributed by atoms with Gasteiger partial charge in [0, 0.05) is 23.3 Å². The quantitative estimate of drug-likeness (QED) is 0.597. The van der Waals surface area contributed by atoms with E-state index in [-0.39, 0.29) is 11.4 Å². The molecule has 0 amide bonds. The van der Waals surface area contributed by atoms with E-state index in [1.807, 2.05) is 51.1 Å². The summed E-state index contributed by atoms with van der Waals surface area (Å²) in [6.07, 6.45) is 0. The molecule has 0 spiro atoms. The lowest BCUT2D eigenvalue weighted by molar-refractivity contribution is -0.227. The van der Waals surface area contributed by atoms with Gasteiger partial charge in [-0.05, 0) is 0 Å². The normalized spacial score (nSPS) is 22.0. The summed E-state index contributed by atoms with van der Waals surface area (Å²) >= 11 is 0. The number of hydrogen-bond donors (Lipinski definition) is 0. The first-order valence-electron chi connectivity index (χ1n) is 8.14. The third-order valence-corrected chi connectivity index (χ3v) is 3.90. The second-order valence-corrected chi connectivity index (χ2v) is 8.34. The lowest BCUT2D eigenvalue weighted by Gasteiger charge is -2.40. The van der Waals surface area contributed by atoms with E-state index in [4.69, 9.17) is 9.47 Å². The molecule has 0 unspecified atom stereocenters. The number of carbonyl (C=O) groups is 2. The average Bonchev–Trinajstić information content (AvgIpc) is 2.45. The molecule has 1 aromatic carbocycles. The van der Waals surface area contributed by atoms with Crippen LogP contribution in [0.15, 0.2) is 41.7 Å². The largest absolute Gasteiger partial charge is 0.451 e. The summed E-state index contributed by atoms with van der Waals surface area (Å²) in [5.41, 5.74) is -0.466. The van der Waals surface area contributed by atoms with E-state index in [9.17, 15) is 9.59 Å². The third-order valence-electron chi connectivity index (χ3n) is 3.90. The highest BCUT2D eigenvalue weighted by Gasteiger charge is 2.48. The molecule has 0 bridgehead atoms. The van der Waals surface area contributed by atoms with Crippen molar-refractivity contribution in [2.24, 2.45) is 10.8 Å². The van der Waals surface area contributed by atoms with E-state index in [2.05, 4.69) is 0 Å². The van der Waals surface area contributed by atoms with Gasteiger partial charge in [0.15, 0.2) is 5.78 Å². The standard InChI is InChI=1S/C20H26O4/c1-18(2,3)15(21)14-16(19(4,5)6)23-20(7,24-17(14)22)13-11-9-8-10-12-13/h8-12H,1-7H3/t20-/m1/s1. The minimum absolute atomic E-state index is 0.0170. The lowest BCUT2D eigenvalue weighted by Crippen LogP contribution is -2.43. The summed E-state index contributed by atoms with van der Waals surface area (Å²) in [4.78, 5) is 25.5. The SMILES string of the molecule is CC(C)(C)C(=O)C1=C(C(C)(C)C)O[C@@](C)(c2ccccc2)OC1=O. The summed E-state index contributed by atoms with van der Waals surface area (Å²) in [7, 11) is 0. The Morgan fingerprint density at radius 2 is 1.50 bits per heavy atom. The van der Waals surface area contributed by atoms with Crippen LogP contribution >= 0.6 is 0 Å². The molecule has 0 radical (unpaired) electrons. The Morgan fingerprint density at radius 1 is 0.958 bits per heavy atom. The molecule has 4 heteroatoms. The number of ketones is 1. The van der Waals surface area contributed by atoms with Crippen LogP contribution in [0.5, 0.6) is 0 Å². The Balaban J connectivity index is 2.61. The predicted molar refractivity (Wildman–Crippen MR) is 91.9 cm³/mol. The molecule has 0 aliphatic carbocycles. The first-order chi connectivity index (χ1) is 10.9. The van der Waals surface area contributed by atoms with Crippen molar-refractivity contribution < 1.29 is 19.1 Å². The number of benzene rings is 1. The van der Waals surface area contributed by atoms with Crippen molar-refractivity contribution in [3.63, 3.8) is 0 Å². The molecule has 24 heavy (non-hydrogen) atoms. The van der Waals surface area contributed by atoms with Crippen LogP contribution in [0.1, 0.15) is 54.0 Å². The van der Waals surface area contributed by atoms with Crippen molar-refractivity contribution in [2.45, 2.75) is 54.3 Å². The molecule has 1 heterocycles. The van der Waals surface area contributed by atoms with E-state index < -0.39 is 22.6 Å². The maximum Gasteiger partial charge on any atom is 0.348 e. The van der Waals surface area contributed by atoms with Gasteiger partial charge in [0.1, 0.15) is 11.3 Å². The Kier molecular flexibility index (Phi) is 4.38. The number of cyclic esters (lactones) is 1. The van der Waals surface area contributed by atoms with Crippen molar-refractivity contribution in [2.75, 3.05) is 0 Å². The molecule has 1 aliphatic rings. The maximum atomic E-state index is 12.8. The Hall–Kier alpha value is -2.10. The number of rotatable bonds is 2. The summed E-state index contributed by atoms with van der Waals surface area (Å²) in [6, 6.07) is 9.27. The van der Waals surface area contributed by atoms with Gasteiger partial charge < -0.3 is 9.47 Å². The molecule has 0 saturated heterocycles. The van der Waals surface area contributed by atoms with E-state index in [0.717, 1.165) is 5.56 Å². The van der Waals surface area contributed by atoms with Crippen molar-refractivity contribution in [1.82, 2.24) is 0 Å². The van der Waals surface area contributed by atoms with Crippen LogP contribution in [0, 0.1) is 10.8 Å². The number of esters is 1. The number of carbonyl (C=O) groups excluding carboxylic acids is 2. The highest BCUT2D eigenvalue weighted by molar-refractivity contribution is 6.20. The zero-order valence-corrected chi connectivity index (χ0v) is 15.5. The third kappa shape index (κ3) is 3.37. The van der Waals surface area contributed by atoms with Gasteiger partial charge in [-0.1, -0.05) is 71.9 Å². The summed E-state index contributed by atoms with van der Waals surface area (Å²) in [6.45, 7) is 12.8. The topological polar surface area (TPSA) is 52.6 Å². The van der Waals surface area contributed by atoms with E-state index in [0.29, 0.717) is 5.76 Å². The fourth-order valence-electron chi connectivity index (χ4n) is 2.54. The van der Waals surface area contributed by atoms with Crippen LogP contribution < -0.4 is 0 Å². The fourth-order valence-corrected chi connectivity index (χ4v) is 2.54. The van der Waals surface area contributed by atoms with Crippen LogP contribution in [-0.4, -0.2) is 11.8 Å². The number of Topliss-reactive ketones (excluding diaryl/α,β-unsaturated/α-hetero) is 1. The first-order valence-corrected chi connectivity index (χ1v) is 8.14. The molecular weight excluding hydrogens is 304 g/mol. The summed E-state index contributed by atoms with van der Waals surface area (Å²) in [5, 5.41) is 0. The Bertz CT molecular complexity index is 687. The molecule has 0 N–H and O–H groups in total. The molecule has 0 aromatic heterocycles. The van der Waals surface area contributed by atoms with Gasteiger partial charge in [0.05, 0.1) is 0 Å². The molecule has 4 nitrogen and oxygen atoms in total. The van der Waals surface area contributed by atoms with Crippen molar-refractivity contribution in [1.29, 1.82) is 0 Å². The monoisotopic (exact) mass is 330 g/mol. The second kappa shape index (κ2) is 5.76. The zero-order chi connectivity index (χ0) is 18.3. The van der Waals surface area contributed by atoms with E-state index >= 15 is 0 Å². The molecule has 1 aromatic rings. The van der Waals surface area contributed by atoms with Crippen molar-refractivity contribution >= 4 is 11.8 Å². The first kappa shape index (κ1) is 18.2. The summed E-state index contributed by atoms with van der Waals surface area (Å²) < 4.78 is 11.7. The Morgan fingerprint density at radius 3 is 1.96 bits per heavy atom. The van der Waals surface area contributed by atoms with Crippen LogP contribution in [0.2, 0.25) is 0 Å². The second-order valence-electron chi connectivity index (χ2n) is 8.34. The van der Waals surface area contributed by atoms with Gasteiger partial charge >= 0.3 is 5.97 Å². The van der Waals surface area contributed by atoms with Gasteiger partial charge in [-0.15, -0.1) is 0 Å². The smallest absolute Gasteiger partial charge is 0.348 e. The molecule has 130 valence electrons. The van der Waals surface area contributed by atoms with Gasteiger partial charge in [-0.3, -0.25) is 4.79 Å². The van der Waals surface area contributed by atoms with Crippen LogP contribution in [-0.2, 0) is 24.8 Å². The van der Waals surface area contributed by atoms with Gasteiger partial charge in [0.2, 0.25) is 0 Å². The molecule has 1 atom stereocenters. The number of allylic oxidation sites excluding steroid dienone is 1. The highest BCUT2D eigenvalue weighted by atomic mass is 16.7. The highest BCUT2D eigenvalue weighted by Crippen LogP contribution is 2.43. The van der Waals surface area contributed by atoms with Crippen LogP contribution in [0.25, 0.3) is 0 Å². The van der Waals surface area contributed by atoms with Crippen molar-refractivity contribution in [3.8, 4) is 0 Å². The van der Waals surface area contributed by atoms with Gasteiger partial charge in [-0.2, -0.15) is 0 Å². The zero-order valence-electron chi connectivity index (χ0n) is 15.5. The lowest BCUT2D eigenvalue weighted by atomic mass is 9.81. The average molecular weight is 330 g/mol. The van der Waals surface area contributed by atoms with E-state index in [1.54, 1.807) is 27.7 Å². The molecule has 1 aliphatic heterocycles.